The fourth-order valence-corrected chi connectivity index (χ4v) is 3.31. The number of benzene rings is 1. The molecular formula is C20H24N4O. The third-order valence-electron chi connectivity index (χ3n) is 4.53. The average Bonchev–Trinajstić information content (AvgIpc) is 3.01. The molecule has 130 valence electrons. The summed E-state index contributed by atoms with van der Waals surface area (Å²) < 4.78 is 1.74. The number of hydrogen-bond acceptors (Lipinski definition) is 3. The monoisotopic (exact) mass is 336 g/mol. The van der Waals surface area contributed by atoms with E-state index in [1.54, 1.807) is 10.9 Å². The van der Waals surface area contributed by atoms with E-state index in [0.29, 0.717) is 18.7 Å². The van der Waals surface area contributed by atoms with Gasteiger partial charge in [-0.2, -0.15) is 5.10 Å². The summed E-state index contributed by atoms with van der Waals surface area (Å²) in [5, 5.41) is 5.17. The number of aromatic nitrogens is 3. The molecule has 3 aromatic rings. The van der Waals surface area contributed by atoms with Gasteiger partial charge in [0.1, 0.15) is 0 Å². The van der Waals surface area contributed by atoms with Crippen LogP contribution >= 0.6 is 0 Å². The van der Waals surface area contributed by atoms with Crippen LogP contribution < -0.4 is 0 Å². The minimum absolute atomic E-state index is 0.0505. The summed E-state index contributed by atoms with van der Waals surface area (Å²) in [6.07, 6.45) is 3.70. The van der Waals surface area contributed by atoms with Crippen molar-refractivity contribution in [2.75, 3.05) is 13.1 Å². The van der Waals surface area contributed by atoms with E-state index in [9.17, 15) is 4.79 Å². The molecule has 0 fully saturated rings. The summed E-state index contributed by atoms with van der Waals surface area (Å²) in [5.74, 6) is 0.0505. The molecule has 0 unspecified atom stereocenters. The van der Waals surface area contributed by atoms with Crippen LogP contribution in [0.15, 0.2) is 30.6 Å². The van der Waals surface area contributed by atoms with Crippen molar-refractivity contribution in [3.63, 3.8) is 0 Å². The first-order valence-electron chi connectivity index (χ1n) is 8.64. The van der Waals surface area contributed by atoms with Crippen molar-refractivity contribution in [1.82, 2.24) is 19.7 Å². The summed E-state index contributed by atoms with van der Waals surface area (Å²) in [6, 6.07) is 6.05. The minimum atomic E-state index is 0.0505. The van der Waals surface area contributed by atoms with Crippen molar-refractivity contribution in [2.45, 2.75) is 27.7 Å². The fourth-order valence-electron chi connectivity index (χ4n) is 3.31. The molecule has 0 aliphatic heterocycles. The Hall–Kier alpha value is -2.69. The van der Waals surface area contributed by atoms with Gasteiger partial charge >= 0.3 is 0 Å². The van der Waals surface area contributed by atoms with E-state index in [-0.39, 0.29) is 5.91 Å². The number of carbonyl (C=O) groups is 1. The standard InChI is InChI=1S/C20H24N4O/c1-6-24(7-2)20(25)16-10-17(15-11-21-23(5)12-15)22-18-9-13(3)8-14(4)19(16)18/h8-12H,6-7H2,1-5H3. The lowest BCUT2D eigenvalue weighted by atomic mass is 9.98. The molecule has 0 radical (unpaired) electrons. The molecule has 1 amide bonds. The van der Waals surface area contributed by atoms with Crippen molar-refractivity contribution in [2.24, 2.45) is 7.05 Å². The highest BCUT2D eigenvalue weighted by Gasteiger charge is 2.20. The molecule has 1 aromatic carbocycles. The molecule has 2 heterocycles. The molecule has 0 bridgehead atoms. The van der Waals surface area contributed by atoms with Crippen LogP contribution in [0.5, 0.6) is 0 Å². The van der Waals surface area contributed by atoms with Crippen molar-refractivity contribution in [3.05, 3.63) is 47.3 Å². The zero-order chi connectivity index (χ0) is 18.1. The van der Waals surface area contributed by atoms with Crippen LogP contribution in [-0.4, -0.2) is 38.7 Å². The molecule has 25 heavy (non-hydrogen) atoms. The van der Waals surface area contributed by atoms with Gasteiger partial charge in [0.05, 0.1) is 23.0 Å². The summed E-state index contributed by atoms with van der Waals surface area (Å²) in [5.41, 5.74) is 5.48. The summed E-state index contributed by atoms with van der Waals surface area (Å²) in [6.45, 7) is 9.47. The third kappa shape index (κ3) is 3.14. The van der Waals surface area contributed by atoms with E-state index in [1.807, 2.05) is 51.0 Å². The summed E-state index contributed by atoms with van der Waals surface area (Å²) in [7, 11) is 1.88. The zero-order valence-electron chi connectivity index (χ0n) is 15.5. The number of fused-ring (bicyclic) bond motifs is 1. The molecule has 0 aliphatic rings. The normalized spacial score (nSPS) is 11.1. The number of aryl methyl sites for hydroxylation is 3. The Morgan fingerprint density at radius 1 is 1.16 bits per heavy atom. The van der Waals surface area contributed by atoms with Crippen LogP contribution in [0.2, 0.25) is 0 Å². The number of rotatable bonds is 4. The molecule has 0 N–H and O–H groups in total. The molecule has 0 spiro atoms. The molecule has 0 aliphatic carbocycles. The van der Waals surface area contributed by atoms with Crippen LogP contribution in [0.3, 0.4) is 0 Å². The van der Waals surface area contributed by atoms with Gasteiger partial charge in [-0.1, -0.05) is 6.07 Å². The van der Waals surface area contributed by atoms with Gasteiger partial charge in [0, 0.05) is 37.3 Å². The molecule has 3 rings (SSSR count). The van der Waals surface area contributed by atoms with Crippen molar-refractivity contribution < 1.29 is 4.79 Å². The lowest BCUT2D eigenvalue weighted by Crippen LogP contribution is -2.30. The van der Waals surface area contributed by atoms with E-state index in [2.05, 4.69) is 18.1 Å². The van der Waals surface area contributed by atoms with Crippen LogP contribution in [0.4, 0.5) is 0 Å². The van der Waals surface area contributed by atoms with Gasteiger partial charge in [0.25, 0.3) is 5.91 Å². The summed E-state index contributed by atoms with van der Waals surface area (Å²) in [4.78, 5) is 19.8. The highest BCUT2D eigenvalue weighted by molar-refractivity contribution is 6.08. The Kier molecular flexibility index (Phi) is 4.57. The van der Waals surface area contributed by atoms with Gasteiger partial charge in [0.2, 0.25) is 0 Å². The molecular weight excluding hydrogens is 312 g/mol. The Bertz CT molecular complexity index is 938. The quantitative estimate of drug-likeness (QED) is 0.729. The van der Waals surface area contributed by atoms with Gasteiger partial charge in [-0.25, -0.2) is 4.98 Å². The first kappa shape index (κ1) is 17.1. The second-order valence-electron chi connectivity index (χ2n) is 6.41. The Morgan fingerprint density at radius 2 is 1.88 bits per heavy atom. The first-order valence-corrected chi connectivity index (χ1v) is 8.64. The van der Waals surface area contributed by atoms with Crippen LogP contribution in [0, 0.1) is 13.8 Å². The number of amides is 1. The predicted octanol–water partition coefficient (Wildman–Crippen LogP) is 3.73. The van der Waals surface area contributed by atoms with E-state index < -0.39 is 0 Å². The highest BCUT2D eigenvalue weighted by atomic mass is 16.2. The topological polar surface area (TPSA) is 51.0 Å². The lowest BCUT2D eigenvalue weighted by Gasteiger charge is -2.21. The minimum Gasteiger partial charge on any atom is -0.339 e. The van der Waals surface area contributed by atoms with Crippen LogP contribution in [0.1, 0.15) is 35.3 Å². The van der Waals surface area contributed by atoms with Gasteiger partial charge in [-0.05, 0) is 51.0 Å². The largest absolute Gasteiger partial charge is 0.339 e. The second kappa shape index (κ2) is 6.67. The first-order chi connectivity index (χ1) is 11.9. The molecule has 2 aromatic heterocycles. The number of pyridine rings is 1. The van der Waals surface area contributed by atoms with E-state index in [0.717, 1.165) is 33.3 Å². The molecule has 0 atom stereocenters. The zero-order valence-corrected chi connectivity index (χ0v) is 15.5. The number of hydrogen-bond donors (Lipinski definition) is 0. The number of nitrogens with zero attached hydrogens (tertiary/aromatic N) is 4. The van der Waals surface area contributed by atoms with Gasteiger partial charge in [-0.15, -0.1) is 0 Å². The van der Waals surface area contributed by atoms with E-state index in [4.69, 9.17) is 4.98 Å². The summed E-state index contributed by atoms with van der Waals surface area (Å²) >= 11 is 0. The molecule has 5 heteroatoms. The lowest BCUT2D eigenvalue weighted by molar-refractivity contribution is 0.0775. The van der Waals surface area contributed by atoms with Crippen molar-refractivity contribution in [1.29, 1.82) is 0 Å². The second-order valence-corrected chi connectivity index (χ2v) is 6.41. The van der Waals surface area contributed by atoms with Gasteiger partial charge in [0.15, 0.2) is 0 Å². The highest BCUT2D eigenvalue weighted by Crippen LogP contribution is 2.29. The van der Waals surface area contributed by atoms with E-state index >= 15 is 0 Å². The Balaban J connectivity index is 2.30. The molecule has 5 nitrogen and oxygen atoms in total. The van der Waals surface area contributed by atoms with Crippen molar-refractivity contribution in [3.8, 4) is 11.3 Å². The van der Waals surface area contributed by atoms with E-state index in [1.165, 1.54) is 0 Å². The van der Waals surface area contributed by atoms with Crippen LogP contribution in [0.25, 0.3) is 22.2 Å². The smallest absolute Gasteiger partial charge is 0.254 e. The predicted molar refractivity (Wildman–Crippen MR) is 101 cm³/mol. The fraction of sp³-hybridized carbons (Fsp3) is 0.350. The van der Waals surface area contributed by atoms with Gasteiger partial charge in [-0.3, -0.25) is 9.48 Å². The Morgan fingerprint density at radius 3 is 2.48 bits per heavy atom. The maximum absolute atomic E-state index is 13.1. The molecule has 0 saturated carbocycles. The average molecular weight is 336 g/mol. The third-order valence-corrected chi connectivity index (χ3v) is 4.53. The maximum Gasteiger partial charge on any atom is 0.254 e. The number of carbonyl (C=O) groups excluding carboxylic acids is 1. The molecule has 0 saturated heterocycles. The Labute approximate surface area is 148 Å². The van der Waals surface area contributed by atoms with Crippen LogP contribution in [-0.2, 0) is 7.05 Å². The maximum atomic E-state index is 13.1. The SMILES string of the molecule is CCN(CC)C(=O)c1cc(-c2cnn(C)c2)nc2cc(C)cc(C)c12. The van der Waals surface area contributed by atoms with Crippen molar-refractivity contribution >= 4 is 16.8 Å². The van der Waals surface area contributed by atoms with Gasteiger partial charge < -0.3 is 4.90 Å².